The SMILES string of the molecule is c1ccc(N(c2ccccc2)c2ccc3ccc4c(N(c5ccccc5)c5ccc([Si](c6ccccc6)(c6ccccc6)c6ccccc6)cc5)ccc5ccc2c3c54)cc1. The Morgan fingerprint density at radius 1 is 0.230 bits per heavy atom. The average molecular weight is 795 g/mol. The molecule has 0 aromatic heterocycles. The molecule has 0 unspecified atom stereocenters. The molecule has 0 atom stereocenters. The number of rotatable bonds is 10. The molecule has 288 valence electrons. The Balaban J connectivity index is 1.11. The van der Waals surface area contributed by atoms with Crippen molar-refractivity contribution < 1.29 is 0 Å². The van der Waals surface area contributed by atoms with Gasteiger partial charge in [-0.2, -0.15) is 0 Å². The summed E-state index contributed by atoms with van der Waals surface area (Å²) in [5.41, 5.74) is 6.78. The Morgan fingerprint density at radius 2 is 0.508 bits per heavy atom. The van der Waals surface area contributed by atoms with Gasteiger partial charge < -0.3 is 9.80 Å². The highest BCUT2D eigenvalue weighted by molar-refractivity contribution is 7.19. The van der Waals surface area contributed by atoms with Crippen molar-refractivity contribution in [3.8, 4) is 0 Å². The first-order chi connectivity index (χ1) is 30.3. The van der Waals surface area contributed by atoms with Crippen LogP contribution in [0.2, 0.25) is 0 Å². The number of hydrogen-bond acceptors (Lipinski definition) is 2. The number of nitrogens with zero attached hydrogens (tertiary/aromatic N) is 2. The number of para-hydroxylation sites is 3. The van der Waals surface area contributed by atoms with E-state index in [2.05, 4.69) is 265 Å². The molecule has 0 fully saturated rings. The van der Waals surface area contributed by atoms with Crippen molar-refractivity contribution in [2.45, 2.75) is 0 Å². The molecule has 0 amide bonds. The van der Waals surface area contributed by atoms with Crippen LogP contribution in [-0.2, 0) is 0 Å². The molecule has 0 bridgehead atoms. The maximum Gasteiger partial charge on any atom is 0.179 e. The maximum absolute atomic E-state index is 2.69. The van der Waals surface area contributed by atoms with Gasteiger partial charge in [0.25, 0.3) is 0 Å². The fraction of sp³-hybridized carbons (Fsp3) is 0. The lowest BCUT2D eigenvalue weighted by Crippen LogP contribution is -2.74. The van der Waals surface area contributed by atoms with Crippen LogP contribution in [0.4, 0.5) is 34.1 Å². The van der Waals surface area contributed by atoms with Gasteiger partial charge in [0.05, 0.1) is 11.4 Å². The van der Waals surface area contributed by atoms with Gasteiger partial charge in [-0.3, -0.25) is 0 Å². The zero-order chi connectivity index (χ0) is 40.6. The van der Waals surface area contributed by atoms with Crippen molar-refractivity contribution in [3.05, 3.63) is 255 Å². The van der Waals surface area contributed by atoms with Crippen molar-refractivity contribution >= 4 is 95.3 Å². The first kappa shape index (κ1) is 36.4. The first-order valence-corrected chi connectivity index (χ1v) is 23.0. The second-order valence-electron chi connectivity index (χ2n) is 15.7. The number of benzene rings is 11. The van der Waals surface area contributed by atoms with Crippen molar-refractivity contribution in [2.75, 3.05) is 9.80 Å². The molecule has 0 radical (unpaired) electrons. The summed E-state index contributed by atoms with van der Waals surface area (Å²) in [5, 5.41) is 12.9. The molecular formula is C58H42N2Si. The third-order valence-electron chi connectivity index (χ3n) is 12.3. The third-order valence-corrected chi connectivity index (χ3v) is 17.1. The van der Waals surface area contributed by atoms with Crippen LogP contribution in [0.5, 0.6) is 0 Å². The molecule has 11 aromatic rings. The molecule has 61 heavy (non-hydrogen) atoms. The standard InChI is InChI=1S/C58H42N2Si/c1-7-19-45(20-8-1)59(46-21-9-2-10-22-46)55-41-33-43-32-40-54-56(42-34-44-31-39-53(55)57(43)58(44)54)60(47-23-11-3-12-24-47)48-35-37-52(38-36-48)61(49-25-13-4-14-26-49,50-27-15-5-16-28-50)51-29-17-6-18-30-51/h1-42H. The molecule has 3 heteroatoms. The minimum atomic E-state index is -2.69. The zero-order valence-corrected chi connectivity index (χ0v) is 34.6. The predicted molar refractivity (Wildman–Crippen MR) is 263 cm³/mol. The molecule has 0 saturated carbocycles. The highest BCUT2D eigenvalue weighted by atomic mass is 28.3. The highest BCUT2D eigenvalue weighted by Gasteiger charge is 2.41. The Bertz CT molecular complexity index is 3080. The molecule has 0 heterocycles. The van der Waals surface area contributed by atoms with E-state index in [0.29, 0.717) is 0 Å². The quantitative estimate of drug-likeness (QED) is 0.0773. The predicted octanol–water partition coefficient (Wildman–Crippen LogP) is 12.9. The Hall–Kier alpha value is -7.72. The monoisotopic (exact) mass is 794 g/mol. The molecule has 11 aromatic carbocycles. The second-order valence-corrected chi connectivity index (χ2v) is 19.5. The summed E-state index contributed by atoms with van der Waals surface area (Å²) in [4.78, 5) is 4.82. The molecular weight excluding hydrogens is 753 g/mol. The van der Waals surface area contributed by atoms with Crippen molar-refractivity contribution in [3.63, 3.8) is 0 Å². The van der Waals surface area contributed by atoms with E-state index in [-0.39, 0.29) is 0 Å². The zero-order valence-electron chi connectivity index (χ0n) is 33.6. The lowest BCUT2D eigenvalue weighted by atomic mass is 9.91. The van der Waals surface area contributed by atoms with Gasteiger partial charge in [0.1, 0.15) is 0 Å². The van der Waals surface area contributed by atoms with Gasteiger partial charge >= 0.3 is 0 Å². The first-order valence-electron chi connectivity index (χ1n) is 21.0. The summed E-state index contributed by atoms with van der Waals surface area (Å²) >= 11 is 0. The van der Waals surface area contributed by atoms with E-state index in [1.165, 1.54) is 53.1 Å². The van der Waals surface area contributed by atoms with E-state index in [9.17, 15) is 0 Å². The minimum Gasteiger partial charge on any atom is -0.310 e. The van der Waals surface area contributed by atoms with Gasteiger partial charge in [-0.1, -0.05) is 194 Å². The van der Waals surface area contributed by atoms with Crippen LogP contribution in [0.25, 0.3) is 32.3 Å². The molecule has 0 spiro atoms. The van der Waals surface area contributed by atoms with Crippen LogP contribution in [-0.4, -0.2) is 8.07 Å². The maximum atomic E-state index is 2.44. The van der Waals surface area contributed by atoms with Crippen LogP contribution < -0.4 is 30.5 Å². The summed E-state index contributed by atoms with van der Waals surface area (Å²) < 4.78 is 0. The second kappa shape index (κ2) is 15.5. The Labute approximate surface area is 358 Å². The van der Waals surface area contributed by atoms with E-state index in [0.717, 1.165) is 34.1 Å². The Kier molecular flexibility index (Phi) is 9.22. The minimum absolute atomic E-state index is 1.11. The average Bonchev–Trinajstić information content (AvgIpc) is 3.34. The summed E-state index contributed by atoms with van der Waals surface area (Å²) in [7, 11) is -2.69. The number of anilines is 6. The molecule has 0 saturated heterocycles. The van der Waals surface area contributed by atoms with E-state index < -0.39 is 8.07 Å². The van der Waals surface area contributed by atoms with Crippen LogP contribution >= 0.6 is 0 Å². The molecule has 2 nitrogen and oxygen atoms in total. The van der Waals surface area contributed by atoms with Gasteiger partial charge in [0.2, 0.25) is 0 Å². The van der Waals surface area contributed by atoms with Gasteiger partial charge in [-0.25, -0.2) is 0 Å². The van der Waals surface area contributed by atoms with Gasteiger partial charge in [-0.15, -0.1) is 0 Å². The van der Waals surface area contributed by atoms with Crippen LogP contribution in [0.1, 0.15) is 0 Å². The topological polar surface area (TPSA) is 6.48 Å². The van der Waals surface area contributed by atoms with Gasteiger partial charge in [-0.05, 0) is 103 Å². The molecule has 0 aliphatic carbocycles. The van der Waals surface area contributed by atoms with Crippen molar-refractivity contribution in [1.29, 1.82) is 0 Å². The van der Waals surface area contributed by atoms with E-state index in [4.69, 9.17) is 0 Å². The highest BCUT2D eigenvalue weighted by Crippen LogP contribution is 2.47. The van der Waals surface area contributed by atoms with Crippen molar-refractivity contribution in [1.82, 2.24) is 0 Å². The van der Waals surface area contributed by atoms with Crippen LogP contribution in [0.3, 0.4) is 0 Å². The summed E-state index contributed by atoms with van der Waals surface area (Å²) in [6.07, 6.45) is 0. The summed E-state index contributed by atoms with van der Waals surface area (Å²) in [6, 6.07) is 93.6. The van der Waals surface area contributed by atoms with E-state index >= 15 is 0 Å². The fourth-order valence-corrected chi connectivity index (χ4v) is 14.4. The van der Waals surface area contributed by atoms with Crippen molar-refractivity contribution in [2.24, 2.45) is 0 Å². The molecule has 0 aliphatic heterocycles. The summed E-state index contributed by atoms with van der Waals surface area (Å²) in [5.74, 6) is 0. The van der Waals surface area contributed by atoms with Gasteiger partial charge in [0.15, 0.2) is 8.07 Å². The Morgan fingerprint density at radius 3 is 0.852 bits per heavy atom. The number of hydrogen-bond donors (Lipinski definition) is 0. The van der Waals surface area contributed by atoms with E-state index in [1.54, 1.807) is 0 Å². The van der Waals surface area contributed by atoms with E-state index in [1.807, 2.05) is 0 Å². The molecule has 0 aliphatic rings. The van der Waals surface area contributed by atoms with Crippen LogP contribution in [0.15, 0.2) is 255 Å². The normalized spacial score (nSPS) is 11.6. The summed E-state index contributed by atoms with van der Waals surface area (Å²) in [6.45, 7) is 0. The molecule has 0 N–H and O–H groups in total. The smallest absolute Gasteiger partial charge is 0.179 e. The fourth-order valence-electron chi connectivity index (χ4n) is 9.67. The third kappa shape index (κ3) is 6.18. The molecule has 11 rings (SSSR count). The van der Waals surface area contributed by atoms with Crippen LogP contribution in [0, 0.1) is 0 Å². The largest absolute Gasteiger partial charge is 0.310 e. The lowest BCUT2D eigenvalue weighted by Gasteiger charge is -2.35. The lowest BCUT2D eigenvalue weighted by molar-refractivity contribution is 1.30. The van der Waals surface area contributed by atoms with Gasteiger partial charge in [0, 0.05) is 33.5 Å².